The van der Waals surface area contributed by atoms with E-state index in [1.165, 1.54) is 7.11 Å². The lowest BCUT2D eigenvalue weighted by atomic mass is 9.99. The first-order chi connectivity index (χ1) is 13.2. The van der Waals surface area contributed by atoms with Gasteiger partial charge in [0, 0.05) is 16.1 Å². The second-order valence-corrected chi connectivity index (χ2v) is 6.49. The number of carbonyl (C=O) groups excluding carboxylic acids is 1. The van der Waals surface area contributed by atoms with E-state index >= 15 is 0 Å². The fourth-order valence-corrected chi connectivity index (χ4v) is 2.95. The van der Waals surface area contributed by atoms with Gasteiger partial charge in [-0.3, -0.25) is 9.79 Å². The van der Waals surface area contributed by atoms with Crippen molar-refractivity contribution in [1.82, 2.24) is 0 Å². The van der Waals surface area contributed by atoms with E-state index in [2.05, 4.69) is 0 Å². The van der Waals surface area contributed by atoms with Crippen LogP contribution in [0.1, 0.15) is 29.2 Å². The van der Waals surface area contributed by atoms with Gasteiger partial charge >= 0.3 is 5.97 Å². The molecule has 0 bridgehead atoms. The summed E-state index contributed by atoms with van der Waals surface area (Å²) >= 11 is 6.02. The van der Waals surface area contributed by atoms with Crippen LogP contribution >= 0.6 is 11.6 Å². The van der Waals surface area contributed by atoms with Crippen molar-refractivity contribution in [2.45, 2.75) is 12.5 Å². The topological polar surface area (TPSA) is 38.7 Å². The summed E-state index contributed by atoms with van der Waals surface area (Å²) in [5, 5.41) is 0.644. The first-order valence-corrected chi connectivity index (χ1v) is 9.06. The SMILES string of the molecule is COC(=O)CC(N=C(c1ccccc1)c1ccccc1)c1ccc(Cl)cc1. The minimum absolute atomic E-state index is 0.154. The van der Waals surface area contributed by atoms with Crippen molar-refractivity contribution in [3.8, 4) is 0 Å². The van der Waals surface area contributed by atoms with E-state index in [9.17, 15) is 4.79 Å². The third-order valence-electron chi connectivity index (χ3n) is 4.22. The van der Waals surface area contributed by atoms with Crippen molar-refractivity contribution in [3.05, 3.63) is 107 Å². The molecule has 3 nitrogen and oxygen atoms in total. The molecule has 0 saturated heterocycles. The molecule has 0 aliphatic heterocycles. The summed E-state index contributed by atoms with van der Waals surface area (Å²) in [6.45, 7) is 0. The first kappa shape index (κ1) is 18.9. The van der Waals surface area contributed by atoms with E-state index in [0.717, 1.165) is 22.4 Å². The number of nitrogens with zero attached hydrogens (tertiary/aromatic N) is 1. The van der Waals surface area contributed by atoms with Crippen molar-refractivity contribution >= 4 is 23.3 Å². The molecule has 4 heteroatoms. The molecule has 136 valence electrons. The van der Waals surface area contributed by atoms with Crippen molar-refractivity contribution in [3.63, 3.8) is 0 Å². The predicted molar refractivity (Wildman–Crippen MR) is 109 cm³/mol. The molecule has 3 rings (SSSR count). The molecule has 1 unspecified atom stereocenters. The zero-order valence-electron chi connectivity index (χ0n) is 15.0. The van der Waals surface area contributed by atoms with Crippen LogP contribution in [0.25, 0.3) is 0 Å². The van der Waals surface area contributed by atoms with Gasteiger partial charge in [0.15, 0.2) is 0 Å². The van der Waals surface area contributed by atoms with Gasteiger partial charge in [-0.15, -0.1) is 0 Å². The summed E-state index contributed by atoms with van der Waals surface area (Å²) in [4.78, 5) is 17.0. The van der Waals surface area contributed by atoms with Gasteiger partial charge in [-0.05, 0) is 17.7 Å². The Morgan fingerprint density at radius 2 is 1.41 bits per heavy atom. The Balaban J connectivity index is 2.10. The third kappa shape index (κ3) is 5.05. The van der Waals surface area contributed by atoms with Crippen LogP contribution in [0.3, 0.4) is 0 Å². The average molecular weight is 378 g/mol. The van der Waals surface area contributed by atoms with Gasteiger partial charge in [-0.2, -0.15) is 0 Å². The molecule has 0 amide bonds. The molecular formula is C23H20ClNO2. The number of hydrogen-bond acceptors (Lipinski definition) is 3. The second-order valence-electron chi connectivity index (χ2n) is 6.06. The summed E-state index contributed by atoms with van der Waals surface area (Å²) in [5.74, 6) is -0.306. The molecular weight excluding hydrogens is 358 g/mol. The molecule has 0 radical (unpaired) electrons. The van der Waals surface area contributed by atoms with Crippen molar-refractivity contribution < 1.29 is 9.53 Å². The molecule has 0 aromatic heterocycles. The van der Waals surface area contributed by atoms with Crippen LogP contribution in [0.15, 0.2) is 89.9 Å². The molecule has 0 aliphatic rings. The molecule has 1 atom stereocenters. The summed E-state index contributed by atoms with van der Waals surface area (Å²) in [5.41, 5.74) is 3.73. The molecule has 3 aromatic rings. The van der Waals surface area contributed by atoms with Crippen molar-refractivity contribution in [2.75, 3.05) is 7.11 Å². The highest BCUT2D eigenvalue weighted by Gasteiger charge is 2.18. The maximum Gasteiger partial charge on any atom is 0.308 e. The average Bonchev–Trinajstić information content (AvgIpc) is 2.73. The maximum absolute atomic E-state index is 12.0. The molecule has 0 fully saturated rings. The minimum Gasteiger partial charge on any atom is -0.469 e. The zero-order valence-corrected chi connectivity index (χ0v) is 15.8. The van der Waals surface area contributed by atoms with Crippen molar-refractivity contribution in [1.29, 1.82) is 0 Å². The van der Waals surface area contributed by atoms with E-state index in [4.69, 9.17) is 21.3 Å². The number of halogens is 1. The molecule has 0 aliphatic carbocycles. The molecule has 27 heavy (non-hydrogen) atoms. The Hall–Kier alpha value is -2.91. The monoisotopic (exact) mass is 377 g/mol. The Kier molecular flexibility index (Phi) is 6.39. The number of benzene rings is 3. The largest absolute Gasteiger partial charge is 0.469 e. The van der Waals surface area contributed by atoms with E-state index in [1.807, 2.05) is 72.8 Å². The number of methoxy groups -OCH3 is 1. The summed E-state index contributed by atoms with van der Waals surface area (Å²) in [6.07, 6.45) is 0.154. The fourth-order valence-electron chi connectivity index (χ4n) is 2.83. The van der Waals surface area contributed by atoms with Crippen LogP contribution in [0.2, 0.25) is 5.02 Å². The highest BCUT2D eigenvalue weighted by Crippen LogP contribution is 2.26. The molecule has 0 spiro atoms. The third-order valence-corrected chi connectivity index (χ3v) is 4.47. The van der Waals surface area contributed by atoms with Gasteiger partial charge < -0.3 is 4.74 Å². The van der Waals surface area contributed by atoms with Gasteiger partial charge in [0.05, 0.1) is 25.3 Å². The summed E-state index contributed by atoms with van der Waals surface area (Å²) in [6, 6.07) is 27.0. The quantitative estimate of drug-likeness (QED) is 0.421. The van der Waals surface area contributed by atoms with Gasteiger partial charge in [0.25, 0.3) is 0 Å². The number of rotatable bonds is 6. The first-order valence-electron chi connectivity index (χ1n) is 8.68. The van der Waals surface area contributed by atoms with Crippen LogP contribution in [0, 0.1) is 0 Å². The maximum atomic E-state index is 12.0. The standard InChI is InChI=1S/C23H20ClNO2/c1-27-22(26)16-21(17-12-14-20(24)15-13-17)25-23(18-8-4-2-5-9-18)19-10-6-3-7-11-19/h2-15,21H,16H2,1H3. The lowest BCUT2D eigenvalue weighted by Gasteiger charge is -2.16. The minimum atomic E-state index is -0.370. The smallest absolute Gasteiger partial charge is 0.308 e. The van der Waals surface area contributed by atoms with Crippen LogP contribution in [-0.2, 0) is 9.53 Å². The number of carbonyl (C=O) groups is 1. The van der Waals surface area contributed by atoms with Gasteiger partial charge in [0.2, 0.25) is 0 Å². The van der Waals surface area contributed by atoms with Crippen LogP contribution < -0.4 is 0 Å². The van der Waals surface area contributed by atoms with E-state index < -0.39 is 0 Å². The van der Waals surface area contributed by atoms with Gasteiger partial charge in [0.1, 0.15) is 0 Å². The fraction of sp³-hybridized carbons (Fsp3) is 0.130. The van der Waals surface area contributed by atoms with E-state index in [0.29, 0.717) is 5.02 Å². The lowest BCUT2D eigenvalue weighted by Crippen LogP contribution is -2.11. The number of ether oxygens (including phenoxy) is 1. The second kappa shape index (κ2) is 9.15. The normalized spacial score (nSPS) is 11.5. The summed E-state index contributed by atoms with van der Waals surface area (Å²) < 4.78 is 4.88. The Morgan fingerprint density at radius 1 is 0.889 bits per heavy atom. The van der Waals surface area contributed by atoms with E-state index in [-0.39, 0.29) is 18.4 Å². The molecule has 0 heterocycles. The lowest BCUT2D eigenvalue weighted by molar-refractivity contribution is -0.141. The van der Waals surface area contributed by atoms with Gasteiger partial charge in [-0.25, -0.2) is 0 Å². The Bertz CT molecular complexity index is 865. The Labute approximate surface area is 164 Å². The van der Waals surface area contributed by atoms with Crippen LogP contribution in [0.5, 0.6) is 0 Å². The number of hydrogen-bond donors (Lipinski definition) is 0. The highest BCUT2D eigenvalue weighted by atomic mass is 35.5. The number of aliphatic imine (C=N–C) groups is 1. The number of esters is 1. The van der Waals surface area contributed by atoms with Crippen LogP contribution in [-0.4, -0.2) is 18.8 Å². The Morgan fingerprint density at radius 3 is 1.89 bits per heavy atom. The molecule has 0 N–H and O–H groups in total. The van der Waals surface area contributed by atoms with Crippen LogP contribution in [0.4, 0.5) is 0 Å². The van der Waals surface area contributed by atoms with E-state index in [1.54, 1.807) is 12.1 Å². The van der Waals surface area contributed by atoms with Gasteiger partial charge in [-0.1, -0.05) is 84.4 Å². The zero-order chi connectivity index (χ0) is 19.1. The van der Waals surface area contributed by atoms with Crippen molar-refractivity contribution in [2.24, 2.45) is 4.99 Å². The molecule has 0 saturated carbocycles. The summed E-state index contributed by atoms with van der Waals surface area (Å²) in [7, 11) is 1.39. The molecule has 3 aromatic carbocycles. The highest BCUT2D eigenvalue weighted by molar-refractivity contribution is 6.30. The predicted octanol–water partition coefficient (Wildman–Crippen LogP) is 5.48.